The minimum atomic E-state index is -0.0160. The molecule has 88 valence electrons. The normalized spacial score (nSPS) is 10.2. The average Bonchev–Trinajstić information content (AvgIpc) is 2.29. The van der Waals surface area contributed by atoms with Crippen LogP contribution in [-0.4, -0.2) is 35.7 Å². The summed E-state index contributed by atoms with van der Waals surface area (Å²) in [6, 6.07) is 7.46. The van der Waals surface area contributed by atoms with Crippen molar-refractivity contribution in [1.82, 2.24) is 4.90 Å². The summed E-state index contributed by atoms with van der Waals surface area (Å²) >= 11 is 13.5. The molecule has 0 saturated carbocycles. The Kier molecular flexibility index (Phi) is 6.46. The summed E-state index contributed by atoms with van der Waals surface area (Å²) in [4.78, 5) is 13.7. The van der Waals surface area contributed by atoms with Gasteiger partial charge < -0.3 is 4.90 Å². The number of amides is 1. The molecule has 0 bridgehead atoms. The molecule has 1 rings (SSSR count). The van der Waals surface area contributed by atoms with Gasteiger partial charge in [-0.15, -0.1) is 23.2 Å². The highest BCUT2D eigenvalue weighted by atomic mass is 127. The molecule has 0 aliphatic rings. The molecular formula is C11H12Cl2INO. The maximum absolute atomic E-state index is 12.0. The van der Waals surface area contributed by atoms with Gasteiger partial charge in [0.2, 0.25) is 0 Å². The molecule has 0 aliphatic heterocycles. The maximum atomic E-state index is 12.0. The highest BCUT2D eigenvalue weighted by Gasteiger charge is 2.14. The predicted molar refractivity (Wildman–Crippen MR) is 76.5 cm³/mol. The molecule has 0 spiro atoms. The van der Waals surface area contributed by atoms with E-state index in [0.717, 1.165) is 3.57 Å². The first-order chi connectivity index (χ1) is 7.69. The maximum Gasteiger partial charge on any atom is 0.253 e. The van der Waals surface area contributed by atoms with Gasteiger partial charge in [0.05, 0.1) is 0 Å². The quantitative estimate of drug-likeness (QED) is 0.575. The van der Waals surface area contributed by atoms with Gasteiger partial charge in [0.15, 0.2) is 0 Å². The molecule has 2 nitrogen and oxygen atoms in total. The van der Waals surface area contributed by atoms with E-state index in [-0.39, 0.29) is 5.91 Å². The Morgan fingerprint density at radius 2 is 1.62 bits per heavy atom. The molecule has 0 saturated heterocycles. The van der Waals surface area contributed by atoms with E-state index in [1.165, 1.54) is 0 Å². The Balaban J connectivity index is 2.77. The van der Waals surface area contributed by atoms with Crippen LogP contribution in [0.1, 0.15) is 10.4 Å². The van der Waals surface area contributed by atoms with Gasteiger partial charge >= 0.3 is 0 Å². The van der Waals surface area contributed by atoms with Crippen LogP contribution < -0.4 is 0 Å². The molecule has 0 radical (unpaired) electrons. The van der Waals surface area contributed by atoms with Crippen LogP contribution in [0.3, 0.4) is 0 Å². The van der Waals surface area contributed by atoms with Crippen molar-refractivity contribution >= 4 is 51.7 Å². The van der Waals surface area contributed by atoms with Crippen molar-refractivity contribution in [3.8, 4) is 0 Å². The van der Waals surface area contributed by atoms with E-state index in [2.05, 4.69) is 22.6 Å². The monoisotopic (exact) mass is 371 g/mol. The smallest absolute Gasteiger partial charge is 0.253 e. The van der Waals surface area contributed by atoms with E-state index in [1.807, 2.05) is 24.3 Å². The van der Waals surface area contributed by atoms with Crippen LogP contribution in [0.4, 0.5) is 0 Å². The number of alkyl halides is 2. The lowest BCUT2D eigenvalue weighted by Crippen LogP contribution is -2.34. The number of rotatable bonds is 5. The van der Waals surface area contributed by atoms with Crippen molar-refractivity contribution in [3.05, 3.63) is 33.4 Å². The Hall–Kier alpha value is -0.000000000000000111. The minimum absolute atomic E-state index is 0.0160. The van der Waals surface area contributed by atoms with Crippen molar-refractivity contribution in [2.45, 2.75) is 0 Å². The fourth-order valence-corrected chi connectivity index (χ4v) is 2.06. The lowest BCUT2D eigenvalue weighted by atomic mass is 10.2. The molecular weight excluding hydrogens is 360 g/mol. The van der Waals surface area contributed by atoms with Gasteiger partial charge in [-0.05, 0) is 46.9 Å². The van der Waals surface area contributed by atoms with Gasteiger partial charge in [-0.2, -0.15) is 0 Å². The van der Waals surface area contributed by atoms with Crippen molar-refractivity contribution in [1.29, 1.82) is 0 Å². The third kappa shape index (κ3) is 4.11. The molecule has 0 heterocycles. The number of nitrogens with zero attached hydrogens (tertiary/aromatic N) is 1. The molecule has 0 fully saturated rings. The van der Waals surface area contributed by atoms with Gasteiger partial charge in [-0.25, -0.2) is 0 Å². The van der Waals surface area contributed by atoms with Crippen LogP contribution in [0, 0.1) is 3.57 Å². The molecule has 1 amide bonds. The molecule has 16 heavy (non-hydrogen) atoms. The van der Waals surface area contributed by atoms with Crippen LogP contribution >= 0.6 is 45.8 Å². The zero-order valence-corrected chi connectivity index (χ0v) is 12.3. The van der Waals surface area contributed by atoms with Crippen LogP contribution in [0.5, 0.6) is 0 Å². The fourth-order valence-electron chi connectivity index (χ4n) is 1.29. The lowest BCUT2D eigenvalue weighted by molar-refractivity contribution is 0.0775. The van der Waals surface area contributed by atoms with E-state index in [1.54, 1.807) is 4.90 Å². The summed E-state index contributed by atoms with van der Waals surface area (Å²) in [6.07, 6.45) is 0. The van der Waals surface area contributed by atoms with Crippen LogP contribution in [0.15, 0.2) is 24.3 Å². The third-order valence-corrected chi connectivity index (χ3v) is 3.14. The fraction of sp³-hybridized carbons (Fsp3) is 0.364. The molecule has 0 atom stereocenters. The number of carbonyl (C=O) groups excluding carboxylic acids is 1. The van der Waals surface area contributed by atoms with Gasteiger partial charge in [-0.3, -0.25) is 4.79 Å². The first-order valence-electron chi connectivity index (χ1n) is 4.86. The van der Waals surface area contributed by atoms with Crippen molar-refractivity contribution < 1.29 is 4.79 Å². The SMILES string of the molecule is O=C(c1ccc(I)cc1)N(CCCl)CCCl. The van der Waals surface area contributed by atoms with Crippen LogP contribution in [0.25, 0.3) is 0 Å². The molecule has 1 aromatic rings. The van der Waals surface area contributed by atoms with Crippen molar-refractivity contribution in [2.75, 3.05) is 24.8 Å². The standard InChI is InChI=1S/C11H12Cl2INO/c12-5-7-15(8-6-13)11(16)9-1-3-10(14)4-2-9/h1-4H,5-8H2. The Bertz CT molecular complexity index is 336. The van der Waals surface area contributed by atoms with E-state index in [9.17, 15) is 4.79 Å². The van der Waals surface area contributed by atoms with Gasteiger partial charge in [0, 0.05) is 34.0 Å². The molecule has 0 aliphatic carbocycles. The third-order valence-electron chi connectivity index (χ3n) is 2.09. The molecule has 0 unspecified atom stereocenters. The summed E-state index contributed by atoms with van der Waals surface area (Å²) in [5.74, 6) is 0.831. The number of hydrogen-bond donors (Lipinski definition) is 0. The number of halogens is 3. The highest BCUT2D eigenvalue weighted by Crippen LogP contribution is 2.09. The summed E-state index contributed by atoms with van der Waals surface area (Å²) in [5.41, 5.74) is 0.677. The summed E-state index contributed by atoms with van der Waals surface area (Å²) in [5, 5.41) is 0. The van der Waals surface area contributed by atoms with Gasteiger partial charge in [0.25, 0.3) is 5.91 Å². The van der Waals surface area contributed by atoms with E-state index >= 15 is 0 Å². The first kappa shape index (κ1) is 14.1. The summed E-state index contributed by atoms with van der Waals surface area (Å²) in [6.45, 7) is 1.05. The second-order valence-corrected chi connectivity index (χ2v) is 5.18. The number of benzene rings is 1. The lowest BCUT2D eigenvalue weighted by Gasteiger charge is -2.20. The summed E-state index contributed by atoms with van der Waals surface area (Å²) in [7, 11) is 0. The number of carbonyl (C=O) groups is 1. The second kappa shape index (κ2) is 7.35. The molecule has 0 aromatic heterocycles. The number of hydrogen-bond acceptors (Lipinski definition) is 1. The molecule has 5 heteroatoms. The zero-order valence-electron chi connectivity index (χ0n) is 8.63. The average molecular weight is 372 g/mol. The van der Waals surface area contributed by atoms with Crippen molar-refractivity contribution in [3.63, 3.8) is 0 Å². The van der Waals surface area contributed by atoms with Crippen molar-refractivity contribution in [2.24, 2.45) is 0 Å². The van der Waals surface area contributed by atoms with Crippen LogP contribution in [0.2, 0.25) is 0 Å². The van der Waals surface area contributed by atoms with E-state index < -0.39 is 0 Å². The van der Waals surface area contributed by atoms with Gasteiger partial charge in [0.1, 0.15) is 0 Å². The van der Waals surface area contributed by atoms with E-state index in [4.69, 9.17) is 23.2 Å². The zero-order chi connectivity index (χ0) is 12.0. The highest BCUT2D eigenvalue weighted by molar-refractivity contribution is 14.1. The molecule has 0 N–H and O–H groups in total. The Morgan fingerprint density at radius 3 is 2.06 bits per heavy atom. The van der Waals surface area contributed by atoms with Crippen LogP contribution in [-0.2, 0) is 0 Å². The summed E-state index contributed by atoms with van der Waals surface area (Å²) < 4.78 is 1.11. The second-order valence-electron chi connectivity index (χ2n) is 3.18. The first-order valence-corrected chi connectivity index (χ1v) is 7.00. The Morgan fingerprint density at radius 1 is 1.12 bits per heavy atom. The Labute approximate surface area is 119 Å². The predicted octanol–water partition coefficient (Wildman–Crippen LogP) is 3.21. The topological polar surface area (TPSA) is 20.3 Å². The van der Waals surface area contributed by atoms with E-state index in [0.29, 0.717) is 30.4 Å². The van der Waals surface area contributed by atoms with Gasteiger partial charge in [-0.1, -0.05) is 0 Å². The largest absolute Gasteiger partial charge is 0.336 e. The molecule has 1 aromatic carbocycles. The minimum Gasteiger partial charge on any atom is -0.336 e.